The van der Waals surface area contributed by atoms with E-state index in [4.69, 9.17) is 23.9 Å². The molecule has 2 heterocycles. The molecule has 0 radical (unpaired) electrons. The number of carbonyl (C=O) groups excluding carboxylic acids is 3. The van der Waals surface area contributed by atoms with Crippen LogP contribution in [0.2, 0.25) is 0 Å². The number of amides is 2. The second kappa shape index (κ2) is 23.4. The van der Waals surface area contributed by atoms with Gasteiger partial charge in [0.1, 0.15) is 5.60 Å². The molecule has 0 aromatic heterocycles. The summed E-state index contributed by atoms with van der Waals surface area (Å²) in [6.45, 7) is 10.2. The lowest BCUT2D eigenvalue weighted by atomic mass is 10.0. The molecule has 10 nitrogen and oxygen atoms in total. The van der Waals surface area contributed by atoms with Crippen molar-refractivity contribution in [2.75, 3.05) is 39.6 Å². The van der Waals surface area contributed by atoms with Gasteiger partial charge in [0, 0.05) is 49.8 Å². The molecular formula is C49H60FN3O7. The summed E-state index contributed by atoms with van der Waals surface area (Å²) in [5, 5.41) is 2.94. The van der Waals surface area contributed by atoms with Crippen LogP contribution < -0.4 is 10.1 Å². The minimum absolute atomic E-state index is 0.0318. The number of allylic oxidation sites excluding steroid dienone is 1. The second-order valence-corrected chi connectivity index (χ2v) is 16.1. The molecule has 0 unspecified atom stereocenters. The SMILES string of the molecule is Cc1ccc(C2=CN3C(=O)/C(=C/c4ccc(OCCCCCCCCNC(=O)CCOCCOCCCC(=O)OC(C)(C)C)c(F)c4)C=C3C(Cc3ccccc3)=N2)cc1. The van der Waals surface area contributed by atoms with E-state index >= 15 is 4.39 Å². The number of halogens is 1. The lowest BCUT2D eigenvalue weighted by molar-refractivity contribution is -0.155. The number of hydrogen-bond acceptors (Lipinski definition) is 8. The standard InChI is InChI=1S/C49H60FN3O7/c1-36-18-21-39(22-19-36)43-35-53-44(42(52-43)33-37-15-10-9-11-16-37)34-40(48(53)56)31-38-20-23-45(41(50)32-38)59-27-13-8-6-5-7-12-25-51-46(54)24-28-58-30-29-57-26-14-17-47(55)60-49(2,3)4/h9-11,15-16,18-23,31-32,34-35H,5-8,12-14,17,24-30,33H2,1-4H3,(H,51,54)/b40-31+. The molecule has 1 N–H and O–H groups in total. The molecule has 2 aliphatic heterocycles. The van der Waals surface area contributed by atoms with Gasteiger partial charge in [0.2, 0.25) is 5.91 Å². The molecule has 0 saturated carbocycles. The summed E-state index contributed by atoms with van der Waals surface area (Å²) in [4.78, 5) is 44.1. The molecule has 11 heteroatoms. The van der Waals surface area contributed by atoms with Gasteiger partial charge in [-0.05, 0) is 82.4 Å². The predicted molar refractivity (Wildman–Crippen MR) is 234 cm³/mol. The quantitative estimate of drug-likeness (QED) is 0.0544. The summed E-state index contributed by atoms with van der Waals surface area (Å²) >= 11 is 0. The summed E-state index contributed by atoms with van der Waals surface area (Å²) in [5.74, 6) is -0.730. The van der Waals surface area contributed by atoms with E-state index in [-0.39, 0.29) is 23.5 Å². The first-order valence-electron chi connectivity index (χ1n) is 21.2. The first-order chi connectivity index (χ1) is 28.9. The molecule has 0 bridgehead atoms. The van der Waals surface area contributed by atoms with Gasteiger partial charge in [0.05, 0.1) is 43.5 Å². The van der Waals surface area contributed by atoms with Gasteiger partial charge in [-0.1, -0.05) is 91.9 Å². The van der Waals surface area contributed by atoms with E-state index in [0.717, 1.165) is 66.6 Å². The number of nitrogens with one attached hydrogen (secondary N) is 1. The van der Waals surface area contributed by atoms with Gasteiger partial charge in [-0.25, -0.2) is 9.38 Å². The number of aliphatic imine (C=N–C) groups is 1. The third-order valence-corrected chi connectivity index (χ3v) is 9.75. The van der Waals surface area contributed by atoms with Crippen molar-refractivity contribution >= 4 is 35.3 Å². The Morgan fingerprint density at radius 2 is 1.53 bits per heavy atom. The Morgan fingerprint density at radius 3 is 2.27 bits per heavy atom. The van der Waals surface area contributed by atoms with E-state index in [9.17, 15) is 14.4 Å². The highest BCUT2D eigenvalue weighted by Gasteiger charge is 2.33. The van der Waals surface area contributed by atoms with Gasteiger partial charge in [-0.15, -0.1) is 0 Å². The lowest BCUT2D eigenvalue weighted by Gasteiger charge is -2.24. The van der Waals surface area contributed by atoms with Gasteiger partial charge in [0.15, 0.2) is 11.6 Å². The maximum absolute atomic E-state index is 15.2. The van der Waals surface area contributed by atoms with Crippen LogP contribution in [-0.2, 0) is 35.0 Å². The fourth-order valence-corrected chi connectivity index (χ4v) is 6.65. The molecule has 3 aromatic rings. The maximum atomic E-state index is 15.2. The highest BCUT2D eigenvalue weighted by atomic mass is 19.1. The van der Waals surface area contributed by atoms with Gasteiger partial charge in [0.25, 0.3) is 5.91 Å². The van der Waals surface area contributed by atoms with Crippen LogP contribution in [0.25, 0.3) is 11.8 Å². The van der Waals surface area contributed by atoms with Crippen LogP contribution in [0.5, 0.6) is 5.75 Å². The Balaban J connectivity index is 0.945. The predicted octanol–water partition coefficient (Wildman–Crippen LogP) is 9.32. The monoisotopic (exact) mass is 821 g/mol. The van der Waals surface area contributed by atoms with Crippen LogP contribution in [0.15, 0.2) is 101 Å². The zero-order valence-electron chi connectivity index (χ0n) is 35.6. The van der Waals surface area contributed by atoms with Crippen molar-refractivity contribution in [3.8, 4) is 5.75 Å². The largest absolute Gasteiger partial charge is 0.491 e. The smallest absolute Gasteiger partial charge is 0.306 e. The molecule has 2 amide bonds. The molecule has 5 rings (SSSR count). The molecule has 0 saturated heterocycles. The Hall–Kier alpha value is -5.39. The minimum atomic E-state index is -0.477. The third kappa shape index (κ3) is 15.3. The van der Waals surface area contributed by atoms with Crippen LogP contribution in [0, 0.1) is 12.7 Å². The van der Waals surface area contributed by atoms with Crippen LogP contribution in [0.3, 0.4) is 0 Å². The second-order valence-electron chi connectivity index (χ2n) is 16.1. The number of nitrogens with zero attached hydrogens (tertiary/aromatic N) is 2. The number of fused-ring (bicyclic) bond motifs is 1. The van der Waals surface area contributed by atoms with Gasteiger partial charge < -0.3 is 24.3 Å². The summed E-state index contributed by atoms with van der Waals surface area (Å²) in [7, 11) is 0. The van der Waals surface area contributed by atoms with Crippen molar-refractivity contribution in [3.05, 3.63) is 124 Å². The summed E-state index contributed by atoms with van der Waals surface area (Å²) < 4.78 is 37.1. The van der Waals surface area contributed by atoms with Crippen molar-refractivity contribution in [2.45, 2.75) is 97.5 Å². The highest BCUT2D eigenvalue weighted by Crippen LogP contribution is 2.34. The molecule has 3 aromatic carbocycles. The van der Waals surface area contributed by atoms with E-state index in [2.05, 4.69) is 5.32 Å². The molecule has 2 aliphatic rings. The highest BCUT2D eigenvalue weighted by molar-refractivity contribution is 6.17. The van der Waals surface area contributed by atoms with Crippen molar-refractivity contribution in [1.29, 1.82) is 0 Å². The molecule has 0 spiro atoms. The Labute approximate surface area is 354 Å². The minimum Gasteiger partial charge on any atom is -0.491 e. The molecule has 0 fully saturated rings. The number of rotatable bonds is 24. The molecule has 0 atom stereocenters. The normalized spacial score (nSPS) is 14.4. The van der Waals surface area contributed by atoms with Gasteiger partial charge in [-0.2, -0.15) is 0 Å². The van der Waals surface area contributed by atoms with E-state index in [1.54, 1.807) is 29.3 Å². The fraction of sp³-hybridized carbons (Fsp3) is 0.429. The average Bonchev–Trinajstić information content (AvgIpc) is 3.52. The van der Waals surface area contributed by atoms with Crippen LogP contribution >= 0.6 is 0 Å². The summed E-state index contributed by atoms with van der Waals surface area (Å²) in [6, 6.07) is 22.9. The molecule has 0 aliphatic carbocycles. The molecule has 320 valence electrons. The topological polar surface area (TPSA) is 116 Å². The van der Waals surface area contributed by atoms with E-state index < -0.39 is 11.4 Å². The van der Waals surface area contributed by atoms with E-state index in [1.807, 2.05) is 88.4 Å². The Kier molecular flexibility index (Phi) is 17.8. The number of esters is 1. The van der Waals surface area contributed by atoms with Crippen LogP contribution in [0.4, 0.5) is 4.39 Å². The number of benzene rings is 3. The van der Waals surface area contributed by atoms with Crippen LogP contribution in [0.1, 0.15) is 101 Å². The average molecular weight is 822 g/mol. The fourth-order valence-electron chi connectivity index (χ4n) is 6.65. The third-order valence-electron chi connectivity index (χ3n) is 9.75. The number of unbranched alkanes of at least 4 members (excludes halogenated alkanes) is 5. The summed E-state index contributed by atoms with van der Waals surface area (Å²) in [5.41, 5.74) is 5.94. The van der Waals surface area contributed by atoms with Crippen molar-refractivity contribution in [2.24, 2.45) is 4.99 Å². The lowest BCUT2D eigenvalue weighted by Crippen LogP contribution is -2.28. The Bertz CT molecular complexity index is 2020. The van der Waals surface area contributed by atoms with E-state index in [0.29, 0.717) is 82.1 Å². The first kappa shape index (κ1) is 45.7. The summed E-state index contributed by atoms with van der Waals surface area (Å²) in [6.07, 6.45) is 12.9. The van der Waals surface area contributed by atoms with Crippen molar-refractivity contribution < 1.29 is 37.7 Å². The zero-order chi connectivity index (χ0) is 42.7. The maximum Gasteiger partial charge on any atom is 0.306 e. The molecule has 60 heavy (non-hydrogen) atoms. The molecular weight excluding hydrogens is 762 g/mol. The first-order valence-corrected chi connectivity index (χ1v) is 21.2. The Morgan fingerprint density at radius 1 is 0.817 bits per heavy atom. The number of ether oxygens (including phenoxy) is 4. The van der Waals surface area contributed by atoms with Crippen LogP contribution in [-0.4, -0.2) is 73.6 Å². The number of aryl methyl sites for hydroxylation is 1. The number of carbonyl (C=O) groups is 3. The zero-order valence-corrected chi connectivity index (χ0v) is 35.6. The van der Waals surface area contributed by atoms with Gasteiger partial charge in [-0.3, -0.25) is 19.3 Å². The van der Waals surface area contributed by atoms with Crippen molar-refractivity contribution in [1.82, 2.24) is 10.2 Å². The number of hydrogen-bond donors (Lipinski definition) is 1. The van der Waals surface area contributed by atoms with Crippen molar-refractivity contribution in [3.63, 3.8) is 0 Å². The van der Waals surface area contributed by atoms with Gasteiger partial charge >= 0.3 is 5.97 Å². The van der Waals surface area contributed by atoms with E-state index in [1.165, 1.54) is 6.07 Å².